The van der Waals surface area contributed by atoms with Gasteiger partial charge in [-0.25, -0.2) is 9.78 Å². The zero-order valence-electron chi connectivity index (χ0n) is 12.0. The van der Waals surface area contributed by atoms with Gasteiger partial charge in [-0.1, -0.05) is 12.8 Å². The Morgan fingerprint density at radius 3 is 2.58 bits per heavy atom. The summed E-state index contributed by atoms with van der Waals surface area (Å²) in [5.41, 5.74) is -1.21. The predicted octanol–water partition coefficient (Wildman–Crippen LogP) is 2.54. The van der Waals surface area contributed by atoms with Crippen LogP contribution in [0.2, 0.25) is 0 Å². The molecule has 0 radical (unpaired) electrons. The molecule has 19 heavy (non-hydrogen) atoms. The summed E-state index contributed by atoms with van der Waals surface area (Å²) < 4.78 is 11.3. The van der Waals surface area contributed by atoms with Crippen LogP contribution in [-0.2, 0) is 24.0 Å². The first-order valence-corrected chi connectivity index (χ1v) is 7.04. The molecule has 0 aromatic rings. The van der Waals surface area contributed by atoms with Crippen molar-refractivity contribution in [1.82, 2.24) is 0 Å². The minimum absolute atomic E-state index is 0.0658. The third-order valence-electron chi connectivity index (χ3n) is 4.70. The molecular formula is C14H22O5. The van der Waals surface area contributed by atoms with E-state index in [1.165, 1.54) is 0 Å². The van der Waals surface area contributed by atoms with Crippen molar-refractivity contribution in [2.45, 2.75) is 71.1 Å². The minimum atomic E-state index is -0.889. The van der Waals surface area contributed by atoms with Gasteiger partial charge >= 0.3 is 5.97 Å². The summed E-state index contributed by atoms with van der Waals surface area (Å²) in [5.74, 6) is -1.03. The zero-order valence-corrected chi connectivity index (χ0v) is 12.0. The summed E-state index contributed by atoms with van der Waals surface area (Å²) in [6, 6.07) is 0. The van der Waals surface area contributed by atoms with Gasteiger partial charge in [0.05, 0.1) is 5.41 Å². The highest BCUT2D eigenvalue weighted by molar-refractivity contribution is 5.77. The normalized spacial score (nSPS) is 43.9. The van der Waals surface area contributed by atoms with Crippen LogP contribution in [0.15, 0.2) is 0 Å². The average molecular weight is 270 g/mol. The number of hydrogen-bond donors (Lipinski definition) is 0. The Bertz CT molecular complexity index is 403. The van der Waals surface area contributed by atoms with Gasteiger partial charge in [0.15, 0.2) is 11.4 Å². The second kappa shape index (κ2) is 3.93. The standard InChI is InChI=1S/C14H22O5/c1-12(2)9-7-5-6-8-14(9)11(16-10(12)15)17-13(3,4)18-19-14/h9,11H,5-8H2,1-4H3/t9-,11+,14+/m0/s1. The van der Waals surface area contributed by atoms with Gasteiger partial charge in [0, 0.05) is 5.92 Å². The highest BCUT2D eigenvalue weighted by atomic mass is 17.3. The van der Waals surface area contributed by atoms with Crippen LogP contribution in [0.4, 0.5) is 0 Å². The van der Waals surface area contributed by atoms with Gasteiger partial charge in [0.2, 0.25) is 6.29 Å². The van der Waals surface area contributed by atoms with Crippen LogP contribution in [0.25, 0.3) is 0 Å². The first-order valence-electron chi connectivity index (χ1n) is 7.04. The summed E-state index contributed by atoms with van der Waals surface area (Å²) in [6.07, 6.45) is 3.21. The van der Waals surface area contributed by atoms with E-state index >= 15 is 0 Å². The molecule has 2 aliphatic heterocycles. The van der Waals surface area contributed by atoms with Crippen molar-refractivity contribution >= 4 is 5.97 Å². The van der Waals surface area contributed by atoms with E-state index in [1.54, 1.807) is 13.8 Å². The fourth-order valence-corrected chi connectivity index (χ4v) is 3.63. The molecule has 2 saturated heterocycles. The molecule has 1 saturated carbocycles. The third kappa shape index (κ3) is 1.82. The Morgan fingerprint density at radius 1 is 1.11 bits per heavy atom. The summed E-state index contributed by atoms with van der Waals surface area (Å²) in [5, 5.41) is 0. The number of rotatable bonds is 0. The van der Waals surface area contributed by atoms with Crippen LogP contribution < -0.4 is 0 Å². The smallest absolute Gasteiger partial charge is 0.314 e. The first kappa shape index (κ1) is 13.3. The van der Waals surface area contributed by atoms with Crippen molar-refractivity contribution in [3.63, 3.8) is 0 Å². The molecule has 1 aliphatic carbocycles. The fourth-order valence-electron chi connectivity index (χ4n) is 3.63. The monoisotopic (exact) mass is 270 g/mol. The van der Waals surface area contributed by atoms with Crippen molar-refractivity contribution in [1.29, 1.82) is 0 Å². The van der Waals surface area contributed by atoms with Gasteiger partial charge in [-0.2, -0.15) is 0 Å². The molecule has 3 aliphatic rings. The van der Waals surface area contributed by atoms with E-state index in [9.17, 15) is 4.79 Å². The highest BCUT2D eigenvalue weighted by Gasteiger charge is 2.66. The molecule has 2 heterocycles. The second-order valence-corrected chi connectivity index (χ2v) is 6.90. The van der Waals surface area contributed by atoms with Gasteiger partial charge < -0.3 is 9.47 Å². The van der Waals surface area contributed by atoms with Gasteiger partial charge in [-0.3, -0.25) is 4.79 Å². The van der Waals surface area contributed by atoms with E-state index in [4.69, 9.17) is 19.2 Å². The molecule has 108 valence electrons. The number of ether oxygens (including phenoxy) is 2. The molecule has 0 amide bonds. The zero-order chi connectivity index (χ0) is 13.9. The SMILES string of the molecule is CC1(C)OO[C@]23CCCC[C@H]2C(C)(C)C(=O)O[C@@H]3O1. The van der Waals surface area contributed by atoms with Crippen LogP contribution in [0.3, 0.4) is 0 Å². The molecule has 3 fully saturated rings. The maximum absolute atomic E-state index is 12.2. The topological polar surface area (TPSA) is 54.0 Å². The lowest BCUT2D eigenvalue weighted by molar-refractivity contribution is -0.559. The van der Waals surface area contributed by atoms with Crippen LogP contribution in [0, 0.1) is 11.3 Å². The lowest BCUT2D eigenvalue weighted by Gasteiger charge is -2.58. The molecular weight excluding hydrogens is 248 g/mol. The van der Waals surface area contributed by atoms with Crippen molar-refractivity contribution in [2.24, 2.45) is 11.3 Å². The molecule has 0 bridgehead atoms. The molecule has 0 aromatic carbocycles. The van der Waals surface area contributed by atoms with E-state index < -0.39 is 23.1 Å². The molecule has 0 N–H and O–H groups in total. The van der Waals surface area contributed by atoms with E-state index in [-0.39, 0.29) is 11.9 Å². The average Bonchev–Trinajstić information content (AvgIpc) is 2.33. The summed E-state index contributed by atoms with van der Waals surface area (Å²) in [7, 11) is 0. The third-order valence-corrected chi connectivity index (χ3v) is 4.70. The van der Waals surface area contributed by atoms with Crippen LogP contribution in [0.1, 0.15) is 53.4 Å². The summed E-state index contributed by atoms with van der Waals surface area (Å²) >= 11 is 0. The maximum atomic E-state index is 12.2. The summed E-state index contributed by atoms with van der Waals surface area (Å²) in [4.78, 5) is 23.4. The quantitative estimate of drug-likeness (QED) is 0.500. The van der Waals surface area contributed by atoms with Crippen LogP contribution in [0.5, 0.6) is 0 Å². The van der Waals surface area contributed by atoms with E-state index in [1.807, 2.05) is 13.8 Å². The number of esters is 1. The van der Waals surface area contributed by atoms with Gasteiger partial charge in [-0.15, -0.1) is 0 Å². The second-order valence-electron chi connectivity index (χ2n) is 6.90. The largest absolute Gasteiger partial charge is 0.432 e. The van der Waals surface area contributed by atoms with Gasteiger partial charge in [0.1, 0.15) is 0 Å². The molecule has 3 rings (SSSR count). The van der Waals surface area contributed by atoms with Gasteiger partial charge in [0.25, 0.3) is 0 Å². The maximum Gasteiger partial charge on any atom is 0.314 e. The van der Waals surface area contributed by atoms with Crippen molar-refractivity contribution in [3.8, 4) is 0 Å². The Morgan fingerprint density at radius 2 is 1.84 bits per heavy atom. The van der Waals surface area contributed by atoms with Crippen LogP contribution in [-0.4, -0.2) is 23.6 Å². The summed E-state index contributed by atoms with van der Waals surface area (Å²) in [6.45, 7) is 7.36. The van der Waals surface area contributed by atoms with Crippen molar-refractivity contribution in [3.05, 3.63) is 0 Å². The molecule has 3 atom stereocenters. The van der Waals surface area contributed by atoms with Crippen LogP contribution >= 0.6 is 0 Å². The van der Waals surface area contributed by atoms with E-state index in [0.29, 0.717) is 0 Å². The minimum Gasteiger partial charge on any atom is -0.432 e. The predicted molar refractivity (Wildman–Crippen MR) is 65.7 cm³/mol. The highest BCUT2D eigenvalue weighted by Crippen LogP contribution is 2.55. The Hall–Kier alpha value is -0.650. The fraction of sp³-hybridized carbons (Fsp3) is 0.929. The first-order chi connectivity index (χ1) is 8.78. The van der Waals surface area contributed by atoms with E-state index in [0.717, 1.165) is 25.7 Å². The number of carbonyl (C=O) groups is 1. The van der Waals surface area contributed by atoms with Gasteiger partial charge in [-0.05, 0) is 40.5 Å². The molecule has 0 aromatic heterocycles. The Kier molecular flexibility index (Phi) is 2.76. The Balaban J connectivity index is 1.99. The molecule has 5 heteroatoms. The molecule has 0 unspecified atom stereocenters. The molecule has 5 nitrogen and oxygen atoms in total. The molecule has 1 spiro atoms. The lowest BCUT2D eigenvalue weighted by atomic mass is 9.61. The lowest BCUT2D eigenvalue weighted by Crippen LogP contribution is -2.69. The number of carbonyl (C=O) groups excluding carboxylic acids is 1. The number of hydrogen-bond acceptors (Lipinski definition) is 5. The van der Waals surface area contributed by atoms with E-state index in [2.05, 4.69) is 0 Å². The van der Waals surface area contributed by atoms with Crippen molar-refractivity contribution < 1.29 is 24.0 Å². The Labute approximate surface area is 113 Å². The van der Waals surface area contributed by atoms with Crippen molar-refractivity contribution in [2.75, 3.05) is 0 Å².